The fraction of sp³-hybridized carbons (Fsp3) is 0.0588. The third-order valence-corrected chi connectivity index (χ3v) is 4.72. The van der Waals surface area contributed by atoms with E-state index < -0.39 is 17.1 Å². The van der Waals surface area contributed by atoms with Crippen LogP contribution in [0.25, 0.3) is 6.08 Å². The Balaban J connectivity index is 1.67. The lowest BCUT2D eigenvalue weighted by atomic mass is 10.2. The molecule has 1 aliphatic rings. The first kappa shape index (κ1) is 17.4. The maximum absolute atomic E-state index is 12.4. The van der Waals surface area contributed by atoms with Crippen molar-refractivity contribution in [1.29, 1.82) is 0 Å². The van der Waals surface area contributed by atoms with Crippen LogP contribution in [-0.4, -0.2) is 33.5 Å². The van der Waals surface area contributed by atoms with Crippen LogP contribution < -0.4 is 5.32 Å². The Morgan fingerprint density at radius 1 is 1.24 bits per heavy atom. The average Bonchev–Trinajstić information content (AvgIpc) is 2.85. The highest BCUT2D eigenvalue weighted by Gasteiger charge is 2.36. The van der Waals surface area contributed by atoms with Crippen molar-refractivity contribution >= 4 is 56.5 Å². The molecule has 2 aromatic rings. The van der Waals surface area contributed by atoms with Gasteiger partial charge in [0.1, 0.15) is 6.54 Å². The van der Waals surface area contributed by atoms with Crippen molar-refractivity contribution in [2.75, 3.05) is 11.9 Å². The molecule has 0 unspecified atom stereocenters. The molecule has 3 amide bonds. The number of thioether (sulfide) groups is 1. The molecule has 2 heterocycles. The lowest BCUT2D eigenvalue weighted by molar-refractivity contribution is -0.127. The Hall–Kier alpha value is -2.45. The Labute approximate surface area is 156 Å². The number of anilines is 1. The summed E-state index contributed by atoms with van der Waals surface area (Å²) >= 11 is 4.12. The van der Waals surface area contributed by atoms with Gasteiger partial charge in [-0.1, -0.05) is 22.0 Å². The van der Waals surface area contributed by atoms with Gasteiger partial charge in [0.25, 0.3) is 11.1 Å². The molecular formula is C17H12BrN3O3S. The molecule has 0 atom stereocenters. The fourth-order valence-electron chi connectivity index (χ4n) is 2.13. The molecule has 1 aliphatic heterocycles. The lowest BCUT2D eigenvalue weighted by Crippen LogP contribution is -2.36. The fourth-order valence-corrected chi connectivity index (χ4v) is 3.23. The number of hydrogen-bond acceptors (Lipinski definition) is 5. The number of amides is 3. The van der Waals surface area contributed by atoms with E-state index in [0.717, 1.165) is 21.1 Å². The van der Waals surface area contributed by atoms with Crippen LogP contribution in [0.3, 0.4) is 0 Å². The summed E-state index contributed by atoms with van der Waals surface area (Å²) in [5.74, 6) is -0.919. The quantitative estimate of drug-likeness (QED) is 0.769. The molecule has 0 bridgehead atoms. The topological polar surface area (TPSA) is 79.4 Å². The first-order chi connectivity index (χ1) is 12.0. The number of benzene rings is 1. The number of hydrogen-bond donors (Lipinski definition) is 1. The second kappa shape index (κ2) is 7.62. The summed E-state index contributed by atoms with van der Waals surface area (Å²) in [5.41, 5.74) is 1.30. The van der Waals surface area contributed by atoms with E-state index in [1.54, 1.807) is 54.9 Å². The van der Waals surface area contributed by atoms with Crippen molar-refractivity contribution in [3.8, 4) is 0 Å². The number of pyridine rings is 1. The molecule has 126 valence electrons. The Morgan fingerprint density at radius 3 is 2.68 bits per heavy atom. The Kier molecular flexibility index (Phi) is 5.30. The van der Waals surface area contributed by atoms with Crippen LogP contribution in [0.5, 0.6) is 0 Å². The molecule has 1 fully saturated rings. The van der Waals surface area contributed by atoms with Crippen molar-refractivity contribution in [3.05, 3.63) is 63.7 Å². The van der Waals surface area contributed by atoms with Crippen molar-refractivity contribution in [1.82, 2.24) is 9.88 Å². The van der Waals surface area contributed by atoms with Gasteiger partial charge in [-0.15, -0.1) is 0 Å². The number of carbonyl (C=O) groups is 3. The maximum atomic E-state index is 12.4. The van der Waals surface area contributed by atoms with Crippen LogP contribution in [0.15, 0.2) is 58.2 Å². The number of halogens is 1. The van der Waals surface area contributed by atoms with Gasteiger partial charge in [-0.25, -0.2) is 0 Å². The van der Waals surface area contributed by atoms with Gasteiger partial charge >= 0.3 is 0 Å². The minimum atomic E-state index is -0.482. The molecule has 0 spiro atoms. The molecule has 1 aromatic carbocycles. The summed E-state index contributed by atoms with van der Waals surface area (Å²) in [7, 11) is 0. The molecule has 3 rings (SSSR count). The van der Waals surface area contributed by atoms with E-state index in [1.165, 1.54) is 0 Å². The number of aromatic nitrogens is 1. The van der Waals surface area contributed by atoms with E-state index in [1.807, 2.05) is 0 Å². The van der Waals surface area contributed by atoms with Gasteiger partial charge in [0.2, 0.25) is 5.91 Å². The first-order valence-electron chi connectivity index (χ1n) is 7.24. The van der Waals surface area contributed by atoms with Crippen molar-refractivity contribution < 1.29 is 14.4 Å². The smallest absolute Gasteiger partial charge is 0.294 e. The van der Waals surface area contributed by atoms with Crippen LogP contribution in [0.2, 0.25) is 0 Å². The van der Waals surface area contributed by atoms with Crippen LogP contribution in [0.4, 0.5) is 10.5 Å². The molecule has 0 saturated carbocycles. The van der Waals surface area contributed by atoms with Gasteiger partial charge in [0.05, 0.1) is 4.91 Å². The van der Waals surface area contributed by atoms with E-state index in [9.17, 15) is 14.4 Å². The molecule has 8 heteroatoms. The molecule has 25 heavy (non-hydrogen) atoms. The molecule has 0 aliphatic carbocycles. The van der Waals surface area contributed by atoms with Crippen LogP contribution in [-0.2, 0) is 9.59 Å². The van der Waals surface area contributed by atoms with Gasteiger partial charge in [-0.2, -0.15) is 0 Å². The summed E-state index contributed by atoms with van der Waals surface area (Å²) < 4.78 is 0.886. The zero-order chi connectivity index (χ0) is 17.8. The zero-order valence-electron chi connectivity index (χ0n) is 12.8. The van der Waals surface area contributed by atoms with Crippen molar-refractivity contribution in [2.24, 2.45) is 0 Å². The predicted molar refractivity (Wildman–Crippen MR) is 99.7 cm³/mol. The largest absolute Gasteiger partial charge is 0.325 e. The van der Waals surface area contributed by atoms with Gasteiger partial charge in [-0.3, -0.25) is 24.3 Å². The molecule has 0 radical (unpaired) electrons. The standard InChI is InChI=1S/C17H12BrN3O3S/c18-12-3-5-13(6-4-12)20-15(22)10-21-16(23)14(25-17(21)24)8-11-2-1-7-19-9-11/h1-9H,10H2,(H,20,22)/b14-8+. The predicted octanol–water partition coefficient (Wildman–Crippen LogP) is 3.52. The highest BCUT2D eigenvalue weighted by atomic mass is 79.9. The SMILES string of the molecule is O=C(CN1C(=O)S/C(=C/c2cccnc2)C1=O)Nc1ccc(Br)cc1. The monoisotopic (exact) mass is 417 g/mol. The normalized spacial score (nSPS) is 15.7. The second-order valence-electron chi connectivity index (χ2n) is 5.11. The number of imide groups is 1. The van der Waals surface area contributed by atoms with Crippen molar-refractivity contribution in [3.63, 3.8) is 0 Å². The van der Waals surface area contributed by atoms with Crippen LogP contribution in [0, 0.1) is 0 Å². The molecule has 6 nitrogen and oxygen atoms in total. The number of nitrogens with zero attached hydrogens (tertiary/aromatic N) is 2. The Bertz CT molecular complexity index is 853. The minimum absolute atomic E-state index is 0.273. The number of nitrogens with one attached hydrogen (secondary N) is 1. The van der Waals surface area contributed by atoms with Crippen molar-refractivity contribution in [2.45, 2.75) is 0 Å². The second-order valence-corrected chi connectivity index (χ2v) is 7.02. The first-order valence-corrected chi connectivity index (χ1v) is 8.85. The van der Waals surface area contributed by atoms with Crippen LogP contribution >= 0.6 is 27.7 Å². The molecule has 1 N–H and O–H groups in total. The average molecular weight is 418 g/mol. The molecule has 1 aromatic heterocycles. The summed E-state index contributed by atoms with van der Waals surface area (Å²) in [6.45, 7) is -0.328. The lowest BCUT2D eigenvalue weighted by Gasteiger charge is -2.12. The molecule has 1 saturated heterocycles. The Morgan fingerprint density at radius 2 is 2.00 bits per heavy atom. The third-order valence-electron chi connectivity index (χ3n) is 3.29. The summed E-state index contributed by atoms with van der Waals surface area (Å²) in [4.78, 5) is 41.7. The number of carbonyl (C=O) groups excluding carboxylic acids is 3. The van der Waals surface area contributed by atoms with Crippen LogP contribution in [0.1, 0.15) is 5.56 Å². The molecular weight excluding hydrogens is 406 g/mol. The van der Waals surface area contributed by atoms with Gasteiger partial charge < -0.3 is 5.32 Å². The van der Waals surface area contributed by atoms with E-state index >= 15 is 0 Å². The van der Waals surface area contributed by atoms with Gasteiger partial charge in [0, 0.05) is 22.6 Å². The summed E-state index contributed by atoms with van der Waals surface area (Å²) in [6.07, 6.45) is 4.80. The maximum Gasteiger partial charge on any atom is 0.294 e. The summed E-state index contributed by atoms with van der Waals surface area (Å²) in [6, 6.07) is 10.5. The minimum Gasteiger partial charge on any atom is -0.325 e. The zero-order valence-corrected chi connectivity index (χ0v) is 15.2. The van der Waals surface area contributed by atoms with E-state index in [-0.39, 0.29) is 11.4 Å². The van der Waals surface area contributed by atoms with E-state index in [2.05, 4.69) is 26.2 Å². The van der Waals surface area contributed by atoms with E-state index in [0.29, 0.717) is 11.3 Å². The highest BCUT2D eigenvalue weighted by Crippen LogP contribution is 2.31. The van der Waals surface area contributed by atoms with Gasteiger partial charge in [0.15, 0.2) is 0 Å². The highest BCUT2D eigenvalue weighted by molar-refractivity contribution is 9.10. The van der Waals surface area contributed by atoms with Gasteiger partial charge in [-0.05, 0) is 53.7 Å². The van der Waals surface area contributed by atoms with E-state index in [4.69, 9.17) is 0 Å². The third kappa shape index (κ3) is 4.34. The summed E-state index contributed by atoms with van der Waals surface area (Å²) in [5, 5.41) is 2.19. The number of rotatable bonds is 4.